The number of carbonyl (C=O) groups excluding carboxylic acids is 3. The van der Waals surface area contributed by atoms with Crippen LogP contribution in [0.1, 0.15) is 55.6 Å². The average Bonchev–Trinajstić information content (AvgIpc) is 3.82. The quantitative estimate of drug-likeness (QED) is 0.167. The molecule has 1 aliphatic rings. The Morgan fingerprint density at radius 2 is 1.91 bits per heavy atom. The Morgan fingerprint density at radius 3 is 2.65 bits per heavy atom. The largest absolute Gasteiger partial charge is 0.468 e. The summed E-state index contributed by atoms with van der Waals surface area (Å²) in [4.78, 5) is 44.8. The molecule has 1 aliphatic carbocycles. The summed E-state index contributed by atoms with van der Waals surface area (Å²) in [5.74, 6) is -3.71. The van der Waals surface area contributed by atoms with Gasteiger partial charge in [-0.2, -0.15) is 14.6 Å². The van der Waals surface area contributed by atoms with E-state index in [1.165, 1.54) is 34.7 Å². The van der Waals surface area contributed by atoms with Crippen molar-refractivity contribution in [1.29, 1.82) is 0 Å². The second kappa shape index (κ2) is 14.7. The molecule has 1 atom stereocenters. The van der Waals surface area contributed by atoms with Gasteiger partial charge in [-0.15, -0.1) is 11.3 Å². The van der Waals surface area contributed by atoms with Gasteiger partial charge in [0, 0.05) is 29.9 Å². The van der Waals surface area contributed by atoms with E-state index >= 15 is 0 Å². The number of hydrogen-bond acceptors (Lipinski definition) is 12. The Labute approximate surface area is 265 Å². The summed E-state index contributed by atoms with van der Waals surface area (Å²) in [7, 11) is 1.17. The molecule has 17 heteroatoms. The van der Waals surface area contributed by atoms with Crippen LogP contribution >= 0.6 is 11.3 Å². The lowest BCUT2D eigenvalue weighted by Gasteiger charge is -2.28. The lowest BCUT2D eigenvalue weighted by molar-refractivity contribution is -0.153. The van der Waals surface area contributed by atoms with E-state index in [2.05, 4.69) is 30.2 Å². The predicted octanol–water partition coefficient (Wildman–Crippen LogP) is 3.71. The first-order valence-electron chi connectivity index (χ1n) is 14.5. The molecule has 244 valence electrons. The van der Waals surface area contributed by atoms with Crippen molar-refractivity contribution in [1.82, 2.24) is 29.5 Å². The van der Waals surface area contributed by atoms with Gasteiger partial charge in [-0.3, -0.25) is 19.1 Å². The number of ether oxygens (including phenoxy) is 3. The van der Waals surface area contributed by atoms with E-state index in [0.29, 0.717) is 17.2 Å². The molecule has 4 heterocycles. The summed E-state index contributed by atoms with van der Waals surface area (Å²) < 4.78 is 47.2. The first-order chi connectivity index (χ1) is 22.1. The Bertz CT molecular complexity index is 1700. The first kappa shape index (κ1) is 32.8. The molecule has 0 radical (unpaired) electrons. The summed E-state index contributed by atoms with van der Waals surface area (Å²) in [5, 5.41) is 13.4. The average molecular weight is 659 g/mol. The van der Waals surface area contributed by atoms with Crippen molar-refractivity contribution in [3.05, 3.63) is 53.6 Å². The highest BCUT2D eigenvalue weighted by Crippen LogP contribution is 2.34. The van der Waals surface area contributed by atoms with Crippen LogP contribution in [0.4, 0.5) is 14.5 Å². The smallest absolute Gasteiger partial charge is 0.323 e. The third-order valence-electron chi connectivity index (χ3n) is 7.30. The van der Waals surface area contributed by atoms with E-state index in [4.69, 9.17) is 15.2 Å². The predicted molar refractivity (Wildman–Crippen MR) is 160 cm³/mol. The lowest BCUT2D eigenvalue weighted by Crippen LogP contribution is -2.34. The molecule has 0 aromatic carbocycles. The monoisotopic (exact) mass is 658 g/mol. The minimum absolute atomic E-state index is 0.00361. The first-order valence-corrected chi connectivity index (χ1v) is 15.3. The number of aromatic nitrogens is 6. The van der Waals surface area contributed by atoms with Crippen LogP contribution in [0.15, 0.2) is 36.1 Å². The standard InChI is InChI=1S/C29H32F2N8O6S/c1-3-44-18-6-4-17(5-7-18)39-13-21(26(37-39)25-19(30)8-9-23(31)36-25)34-27(41)22-14-46-28(35-22)16-11-33-38(12-16)15-45-24(40)10-20(32)29(42)43-2/h8-9,11-14,17-18,20H,3-7,10,15,32H2,1-2H3,(H,34,41)/t17?,18?,20-/m0/s1. The van der Waals surface area contributed by atoms with Crippen LogP contribution in [0.5, 0.6) is 0 Å². The Morgan fingerprint density at radius 1 is 1.13 bits per heavy atom. The number of anilines is 1. The molecular formula is C29H32F2N8O6S. The molecule has 0 spiro atoms. The van der Waals surface area contributed by atoms with Crippen molar-refractivity contribution >= 4 is 34.9 Å². The van der Waals surface area contributed by atoms with E-state index < -0.39 is 35.7 Å². The van der Waals surface area contributed by atoms with Gasteiger partial charge in [-0.05, 0) is 44.7 Å². The zero-order valence-electron chi connectivity index (χ0n) is 25.0. The zero-order chi connectivity index (χ0) is 32.8. The summed E-state index contributed by atoms with van der Waals surface area (Å²) in [6, 6.07) is 0.706. The SMILES string of the molecule is CCOC1CCC(n2cc(NC(=O)c3csc(-c4cnn(COC(=O)C[C@H](N)C(=O)OC)c4)n3)c(-c3nc(F)ccc3F)n2)CC1. The maximum atomic E-state index is 14.8. The molecule has 3 N–H and O–H groups in total. The minimum atomic E-state index is -1.14. The fraction of sp³-hybridized carbons (Fsp3) is 0.414. The third kappa shape index (κ3) is 7.78. The van der Waals surface area contributed by atoms with Gasteiger partial charge >= 0.3 is 11.9 Å². The van der Waals surface area contributed by atoms with Crippen LogP contribution in [0.2, 0.25) is 0 Å². The van der Waals surface area contributed by atoms with Gasteiger partial charge < -0.3 is 25.3 Å². The molecule has 5 rings (SSSR count). The van der Waals surface area contributed by atoms with Gasteiger partial charge in [-0.25, -0.2) is 19.0 Å². The van der Waals surface area contributed by atoms with E-state index in [1.54, 1.807) is 17.1 Å². The normalized spacial score (nSPS) is 17.0. The van der Waals surface area contributed by atoms with E-state index in [9.17, 15) is 23.2 Å². The number of rotatable bonds is 12. The lowest BCUT2D eigenvalue weighted by atomic mass is 9.93. The number of nitrogens with two attached hydrogens (primary N) is 1. The van der Waals surface area contributed by atoms with E-state index in [1.807, 2.05) is 6.92 Å². The molecule has 4 aromatic rings. The second-order valence-electron chi connectivity index (χ2n) is 10.5. The number of hydrogen-bond donors (Lipinski definition) is 2. The molecule has 0 unspecified atom stereocenters. The van der Waals surface area contributed by atoms with Crippen LogP contribution in [0, 0.1) is 11.8 Å². The van der Waals surface area contributed by atoms with Crippen LogP contribution in [-0.2, 0) is 30.5 Å². The molecule has 46 heavy (non-hydrogen) atoms. The van der Waals surface area contributed by atoms with Gasteiger partial charge in [0.05, 0.1) is 37.6 Å². The number of methoxy groups -OCH3 is 1. The molecular weight excluding hydrogens is 626 g/mol. The van der Waals surface area contributed by atoms with Crippen LogP contribution in [0.25, 0.3) is 22.0 Å². The molecule has 4 aromatic heterocycles. The number of thiazole rings is 1. The van der Waals surface area contributed by atoms with Crippen molar-refractivity contribution < 1.29 is 37.4 Å². The van der Waals surface area contributed by atoms with Crippen molar-refractivity contribution in [2.24, 2.45) is 5.73 Å². The molecule has 0 aliphatic heterocycles. The summed E-state index contributed by atoms with van der Waals surface area (Å²) in [5.41, 5.74) is 6.02. The van der Waals surface area contributed by atoms with E-state index in [-0.39, 0.29) is 48.1 Å². The van der Waals surface area contributed by atoms with Gasteiger partial charge in [0.15, 0.2) is 12.5 Å². The molecule has 14 nitrogen and oxygen atoms in total. The van der Waals surface area contributed by atoms with Crippen LogP contribution in [0.3, 0.4) is 0 Å². The van der Waals surface area contributed by atoms with Gasteiger partial charge in [-0.1, -0.05) is 0 Å². The van der Waals surface area contributed by atoms with Crippen molar-refractivity contribution in [2.75, 3.05) is 19.0 Å². The minimum Gasteiger partial charge on any atom is -0.468 e. The van der Waals surface area contributed by atoms with Crippen molar-refractivity contribution in [3.8, 4) is 22.0 Å². The molecule has 1 amide bonds. The molecule has 0 bridgehead atoms. The number of nitrogens with one attached hydrogen (secondary N) is 1. The van der Waals surface area contributed by atoms with Gasteiger partial charge in [0.25, 0.3) is 5.91 Å². The summed E-state index contributed by atoms with van der Waals surface area (Å²) in [6.07, 6.45) is 7.63. The highest BCUT2D eigenvalue weighted by atomic mass is 32.1. The van der Waals surface area contributed by atoms with Crippen molar-refractivity contribution in [3.63, 3.8) is 0 Å². The topological polar surface area (TPSA) is 178 Å². The van der Waals surface area contributed by atoms with Gasteiger partial charge in [0.1, 0.15) is 28.1 Å². The third-order valence-corrected chi connectivity index (χ3v) is 8.19. The maximum absolute atomic E-state index is 14.8. The number of nitrogens with zero attached hydrogens (tertiary/aromatic N) is 6. The number of pyridine rings is 1. The highest BCUT2D eigenvalue weighted by molar-refractivity contribution is 7.13. The number of esters is 2. The highest BCUT2D eigenvalue weighted by Gasteiger charge is 2.27. The Balaban J connectivity index is 1.28. The fourth-order valence-corrected chi connectivity index (χ4v) is 5.77. The molecule has 1 fully saturated rings. The Kier molecular flexibility index (Phi) is 10.4. The summed E-state index contributed by atoms with van der Waals surface area (Å²) >= 11 is 1.17. The van der Waals surface area contributed by atoms with Crippen LogP contribution < -0.4 is 11.1 Å². The van der Waals surface area contributed by atoms with Crippen LogP contribution in [-0.4, -0.2) is 73.2 Å². The number of halogens is 2. The number of carbonyl (C=O) groups is 3. The second-order valence-corrected chi connectivity index (χ2v) is 11.3. The number of amides is 1. The maximum Gasteiger partial charge on any atom is 0.323 e. The Hall–Kier alpha value is -4.61. The molecule has 1 saturated carbocycles. The van der Waals surface area contributed by atoms with E-state index in [0.717, 1.165) is 37.8 Å². The fourth-order valence-electron chi connectivity index (χ4n) is 4.99. The summed E-state index contributed by atoms with van der Waals surface area (Å²) in [6.45, 7) is 2.35. The van der Waals surface area contributed by atoms with Crippen molar-refractivity contribution in [2.45, 2.75) is 63.9 Å². The molecule has 0 saturated heterocycles. The zero-order valence-corrected chi connectivity index (χ0v) is 25.8. The van der Waals surface area contributed by atoms with Gasteiger partial charge in [0.2, 0.25) is 5.95 Å².